The summed E-state index contributed by atoms with van der Waals surface area (Å²) in [5.74, 6) is -0.435. The topological polar surface area (TPSA) is 96.2 Å². The van der Waals surface area contributed by atoms with Crippen LogP contribution in [0.15, 0.2) is 60.8 Å². The van der Waals surface area contributed by atoms with Crippen molar-refractivity contribution in [3.05, 3.63) is 98.4 Å². The summed E-state index contributed by atoms with van der Waals surface area (Å²) >= 11 is 19.4. The van der Waals surface area contributed by atoms with Crippen LogP contribution in [0.3, 0.4) is 0 Å². The number of aryl methyl sites for hydroxylation is 1. The van der Waals surface area contributed by atoms with E-state index in [9.17, 15) is 14.4 Å². The first-order valence-corrected chi connectivity index (χ1v) is 14.5. The number of nitrogens with one attached hydrogen (secondary N) is 1. The summed E-state index contributed by atoms with van der Waals surface area (Å²) in [6, 6.07) is 13.7. The molecule has 0 aliphatic rings. The number of anilines is 1. The van der Waals surface area contributed by atoms with Crippen molar-refractivity contribution >= 4 is 82.3 Å². The van der Waals surface area contributed by atoms with E-state index in [0.29, 0.717) is 50.6 Å². The Hall–Kier alpha value is -3.76. The van der Waals surface area contributed by atoms with E-state index in [1.165, 1.54) is 11.0 Å². The zero-order chi connectivity index (χ0) is 31.3. The maximum Gasteiger partial charge on any atom is 0.253 e. The second-order valence-electron chi connectivity index (χ2n) is 9.65. The molecule has 0 atom stereocenters. The third-order valence-corrected chi connectivity index (χ3v) is 8.04. The summed E-state index contributed by atoms with van der Waals surface area (Å²) in [5, 5.41) is 3.68. The van der Waals surface area contributed by atoms with E-state index in [4.69, 9.17) is 39.5 Å². The lowest BCUT2D eigenvalue weighted by Crippen LogP contribution is -2.37. The molecule has 0 unspecified atom stereocenters. The molecule has 232 valence electrons. The third-order valence-electron chi connectivity index (χ3n) is 6.81. The Labute approximate surface area is 276 Å². The molecule has 0 bridgehead atoms. The second kappa shape index (κ2) is 15.3. The van der Waals surface area contributed by atoms with Crippen LogP contribution in [0.2, 0.25) is 15.2 Å². The van der Waals surface area contributed by atoms with Crippen LogP contribution in [0.4, 0.5) is 5.69 Å². The molecular weight excluding hydrogens is 648 g/mol. The third kappa shape index (κ3) is 7.84. The van der Waals surface area contributed by atoms with Crippen molar-refractivity contribution in [1.82, 2.24) is 19.6 Å². The lowest BCUT2D eigenvalue weighted by atomic mass is 10.1. The van der Waals surface area contributed by atoms with Gasteiger partial charge in [0.1, 0.15) is 11.8 Å². The van der Waals surface area contributed by atoms with E-state index >= 15 is 0 Å². The van der Waals surface area contributed by atoms with E-state index in [2.05, 4.69) is 10.3 Å². The van der Waals surface area contributed by atoms with Crippen LogP contribution in [0.1, 0.15) is 34.1 Å². The number of pyridine rings is 1. The molecule has 2 aromatic heterocycles. The monoisotopic (exact) mass is 677 g/mol. The maximum absolute atomic E-state index is 12.9. The predicted molar refractivity (Wildman–Crippen MR) is 178 cm³/mol. The van der Waals surface area contributed by atoms with Gasteiger partial charge in [0, 0.05) is 49.1 Å². The highest BCUT2D eigenvalue weighted by Crippen LogP contribution is 2.35. The smallest absolute Gasteiger partial charge is 0.253 e. The molecule has 1 N–H and O–H groups in total. The average molecular weight is 679 g/mol. The number of aromatic nitrogens is 2. The Morgan fingerprint density at radius 1 is 1.05 bits per heavy atom. The summed E-state index contributed by atoms with van der Waals surface area (Å²) in [7, 11) is 3.29. The number of amides is 3. The summed E-state index contributed by atoms with van der Waals surface area (Å²) in [6.45, 7) is 4.06. The van der Waals surface area contributed by atoms with Gasteiger partial charge in [0.2, 0.25) is 11.8 Å². The van der Waals surface area contributed by atoms with Crippen LogP contribution >= 0.6 is 47.2 Å². The SMILES string of the molecule is CCN(C)C(=O)c1ccc(/C=C/C(=O)NCC(=O)N(C)c2ccc(Cl)c(COc3cccn4c(Cl)c(C)nc34)c2Cl)cc1.Cl. The Kier molecular flexibility index (Phi) is 12.1. The largest absolute Gasteiger partial charge is 0.485 e. The van der Waals surface area contributed by atoms with Gasteiger partial charge in [0.25, 0.3) is 5.91 Å². The first-order chi connectivity index (χ1) is 20.5. The Balaban J connectivity index is 0.00000529. The summed E-state index contributed by atoms with van der Waals surface area (Å²) < 4.78 is 7.72. The average Bonchev–Trinajstić information content (AvgIpc) is 3.31. The van der Waals surface area contributed by atoms with Crippen molar-refractivity contribution in [2.24, 2.45) is 0 Å². The minimum absolute atomic E-state index is 0. The van der Waals surface area contributed by atoms with Crippen LogP contribution < -0.4 is 15.0 Å². The van der Waals surface area contributed by atoms with Gasteiger partial charge in [-0.15, -0.1) is 12.4 Å². The van der Waals surface area contributed by atoms with Gasteiger partial charge in [0.05, 0.1) is 22.9 Å². The number of hydrogen-bond acceptors (Lipinski definition) is 5. The van der Waals surface area contributed by atoms with E-state index in [1.54, 1.807) is 91.1 Å². The zero-order valence-corrected chi connectivity index (χ0v) is 27.5. The van der Waals surface area contributed by atoms with Gasteiger partial charge in [0.15, 0.2) is 11.4 Å². The molecule has 2 aromatic carbocycles. The number of carbonyl (C=O) groups is 3. The van der Waals surface area contributed by atoms with Gasteiger partial charge >= 0.3 is 0 Å². The second-order valence-corrected chi connectivity index (χ2v) is 10.8. The maximum atomic E-state index is 12.9. The summed E-state index contributed by atoms with van der Waals surface area (Å²) in [4.78, 5) is 44.9. The molecule has 0 spiro atoms. The standard InChI is InChI=1S/C31H30Cl3N5O4.ClH/c1-5-37(3)31(42)21-11-8-20(9-12-21)10-15-26(40)35-17-27(41)38(4)24-14-13-23(32)22(28(24)33)18-43-25-7-6-16-39-29(34)19(2)36-30(25)39;/h6-16H,5,17-18H2,1-4H3,(H,35,40);1H/b15-10+;. The number of nitrogens with zero attached hydrogens (tertiary/aromatic N) is 4. The molecule has 0 radical (unpaired) electrons. The lowest BCUT2D eigenvalue weighted by Gasteiger charge is -2.21. The molecule has 2 heterocycles. The van der Waals surface area contributed by atoms with E-state index in [0.717, 1.165) is 5.56 Å². The Bertz CT molecular complexity index is 1710. The zero-order valence-electron chi connectivity index (χ0n) is 24.4. The lowest BCUT2D eigenvalue weighted by molar-refractivity contribution is -0.122. The van der Waals surface area contributed by atoms with Crippen LogP contribution in [0.5, 0.6) is 5.75 Å². The number of rotatable bonds is 10. The van der Waals surface area contributed by atoms with Crippen molar-refractivity contribution in [2.45, 2.75) is 20.5 Å². The van der Waals surface area contributed by atoms with Crippen molar-refractivity contribution in [3.63, 3.8) is 0 Å². The van der Waals surface area contributed by atoms with Crippen molar-refractivity contribution < 1.29 is 19.1 Å². The molecule has 4 rings (SSSR count). The number of likely N-dealkylation sites (N-methyl/N-ethyl adjacent to an activating group) is 1. The quantitative estimate of drug-likeness (QED) is 0.194. The fourth-order valence-electron chi connectivity index (χ4n) is 4.11. The fourth-order valence-corrected chi connectivity index (χ4v) is 4.90. The summed E-state index contributed by atoms with van der Waals surface area (Å²) in [6.07, 6.45) is 4.71. The van der Waals surface area contributed by atoms with Crippen LogP contribution in [0.25, 0.3) is 11.7 Å². The number of ether oxygens (including phenoxy) is 1. The Morgan fingerprint density at radius 3 is 2.43 bits per heavy atom. The van der Waals surface area contributed by atoms with Crippen LogP contribution in [-0.2, 0) is 16.2 Å². The van der Waals surface area contributed by atoms with Crippen LogP contribution in [-0.4, -0.2) is 59.2 Å². The van der Waals surface area contributed by atoms with Crippen molar-refractivity contribution in [3.8, 4) is 5.75 Å². The fraction of sp³-hybridized carbons (Fsp3) is 0.226. The van der Waals surface area contributed by atoms with Gasteiger partial charge in [-0.05, 0) is 61.9 Å². The normalized spacial score (nSPS) is 10.9. The predicted octanol–water partition coefficient (Wildman–Crippen LogP) is 6.49. The number of halogens is 4. The highest BCUT2D eigenvalue weighted by molar-refractivity contribution is 6.38. The van der Waals surface area contributed by atoms with E-state index in [1.807, 2.05) is 6.92 Å². The van der Waals surface area contributed by atoms with Crippen molar-refractivity contribution in [1.29, 1.82) is 0 Å². The highest BCUT2D eigenvalue weighted by atomic mass is 35.5. The number of hydrogen-bond donors (Lipinski definition) is 1. The number of benzene rings is 2. The minimum atomic E-state index is -0.451. The first-order valence-electron chi connectivity index (χ1n) is 13.3. The number of imidazole rings is 1. The first kappa shape index (κ1) is 34.7. The molecule has 3 amide bonds. The molecule has 0 saturated heterocycles. The molecule has 13 heteroatoms. The van der Waals surface area contributed by atoms with E-state index < -0.39 is 11.8 Å². The van der Waals surface area contributed by atoms with E-state index in [-0.39, 0.29) is 36.5 Å². The Morgan fingerprint density at radius 2 is 1.75 bits per heavy atom. The van der Waals surface area contributed by atoms with Gasteiger partial charge in [-0.2, -0.15) is 0 Å². The summed E-state index contributed by atoms with van der Waals surface area (Å²) in [5.41, 5.74) is 3.40. The van der Waals surface area contributed by atoms with Crippen LogP contribution in [0, 0.1) is 6.92 Å². The molecule has 0 aliphatic carbocycles. The van der Waals surface area contributed by atoms with Gasteiger partial charge in [-0.3, -0.25) is 18.8 Å². The van der Waals surface area contributed by atoms with Gasteiger partial charge in [-0.1, -0.05) is 46.9 Å². The van der Waals surface area contributed by atoms with Crippen molar-refractivity contribution in [2.75, 3.05) is 32.1 Å². The molecule has 0 saturated carbocycles. The molecule has 44 heavy (non-hydrogen) atoms. The van der Waals surface area contributed by atoms with Gasteiger partial charge in [-0.25, -0.2) is 4.98 Å². The molecular formula is C31H31Cl4N5O4. The number of carbonyl (C=O) groups excluding carboxylic acids is 3. The molecule has 0 fully saturated rings. The molecule has 9 nitrogen and oxygen atoms in total. The number of fused-ring (bicyclic) bond motifs is 1. The minimum Gasteiger partial charge on any atom is -0.485 e. The molecule has 4 aromatic rings. The van der Waals surface area contributed by atoms with Gasteiger partial charge < -0.3 is 19.9 Å². The highest BCUT2D eigenvalue weighted by Gasteiger charge is 2.20. The molecule has 0 aliphatic heterocycles.